The van der Waals surface area contributed by atoms with Crippen molar-refractivity contribution in [1.82, 2.24) is 14.5 Å². The molecule has 0 aliphatic heterocycles. The molecule has 0 spiro atoms. The van der Waals surface area contributed by atoms with E-state index >= 15 is 0 Å². The highest BCUT2D eigenvalue weighted by atomic mass is 15.1. The van der Waals surface area contributed by atoms with Crippen LogP contribution in [0.2, 0.25) is 0 Å². The summed E-state index contributed by atoms with van der Waals surface area (Å²) in [5, 5.41) is 3.88. The SMILES string of the molecule is [2H]c1c([2H])c([2H])c(-n2c(-c3c4ccccc4c(-c4ccccc4-c4cccnc4)c4ccccc34)nc3ccccc32)c([2H])c1[2H]. The lowest BCUT2D eigenvalue weighted by Gasteiger charge is -2.20. The fraction of sp³-hybridized carbons (Fsp3) is 0. The fourth-order valence-corrected chi connectivity index (χ4v) is 5.91. The topological polar surface area (TPSA) is 30.7 Å². The Bertz CT molecular complexity index is 2400. The summed E-state index contributed by atoms with van der Waals surface area (Å²) in [5.74, 6) is 0.499. The Kier molecular flexibility index (Phi) is 4.37. The maximum absolute atomic E-state index is 8.90. The van der Waals surface area contributed by atoms with E-state index in [1.807, 2.05) is 72.9 Å². The molecule has 3 nitrogen and oxygen atoms in total. The molecule has 2 aromatic heterocycles. The van der Waals surface area contributed by atoms with Gasteiger partial charge in [-0.05, 0) is 68.5 Å². The number of pyridine rings is 1. The first-order valence-electron chi connectivity index (χ1n) is 15.9. The van der Waals surface area contributed by atoms with Crippen LogP contribution in [0.5, 0.6) is 0 Å². The minimum absolute atomic E-state index is 0.0638. The lowest BCUT2D eigenvalue weighted by molar-refractivity contribution is 1.11. The Morgan fingerprint density at radius 2 is 1.17 bits per heavy atom. The summed E-state index contributed by atoms with van der Waals surface area (Å²) in [6, 6.07) is 34.4. The molecule has 0 N–H and O–H groups in total. The minimum Gasteiger partial charge on any atom is -0.292 e. The maximum Gasteiger partial charge on any atom is 0.146 e. The van der Waals surface area contributed by atoms with Crippen LogP contribution < -0.4 is 0 Å². The van der Waals surface area contributed by atoms with Crippen LogP contribution in [-0.2, 0) is 0 Å². The molecule has 0 saturated carbocycles. The number of benzene rings is 6. The average molecular weight is 529 g/mol. The number of imidazole rings is 1. The van der Waals surface area contributed by atoms with Crippen LogP contribution in [0.4, 0.5) is 0 Å². The molecule has 0 bridgehead atoms. The van der Waals surface area contributed by atoms with Gasteiger partial charge in [-0.3, -0.25) is 9.55 Å². The van der Waals surface area contributed by atoms with Crippen molar-refractivity contribution >= 4 is 32.6 Å². The third-order valence-corrected chi connectivity index (χ3v) is 7.60. The van der Waals surface area contributed by atoms with Gasteiger partial charge in [-0.2, -0.15) is 0 Å². The van der Waals surface area contributed by atoms with Gasteiger partial charge in [0, 0.05) is 29.2 Å². The predicted molar refractivity (Wildman–Crippen MR) is 170 cm³/mol. The van der Waals surface area contributed by atoms with Crippen molar-refractivity contribution in [3.05, 3.63) is 152 Å². The smallest absolute Gasteiger partial charge is 0.146 e. The maximum atomic E-state index is 8.90. The second-order valence-electron chi connectivity index (χ2n) is 9.86. The van der Waals surface area contributed by atoms with E-state index in [4.69, 9.17) is 11.8 Å². The monoisotopic (exact) mass is 528 g/mol. The Morgan fingerprint density at radius 3 is 1.85 bits per heavy atom. The first-order chi connectivity index (χ1) is 22.5. The molecule has 192 valence electrons. The number of hydrogen-bond acceptors (Lipinski definition) is 2. The molecule has 0 aliphatic rings. The van der Waals surface area contributed by atoms with E-state index in [1.54, 1.807) is 10.8 Å². The van der Waals surface area contributed by atoms with Crippen LogP contribution in [-0.4, -0.2) is 14.5 Å². The van der Waals surface area contributed by atoms with Gasteiger partial charge in [0.1, 0.15) is 5.82 Å². The van der Waals surface area contributed by atoms with Gasteiger partial charge in [-0.25, -0.2) is 4.98 Å². The van der Waals surface area contributed by atoms with Gasteiger partial charge in [-0.15, -0.1) is 0 Å². The van der Waals surface area contributed by atoms with E-state index < -0.39 is 18.1 Å². The van der Waals surface area contributed by atoms with E-state index in [1.165, 1.54) is 0 Å². The van der Waals surface area contributed by atoms with Crippen molar-refractivity contribution in [2.45, 2.75) is 0 Å². The lowest BCUT2D eigenvalue weighted by Crippen LogP contribution is -1.99. The highest BCUT2D eigenvalue weighted by Crippen LogP contribution is 2.46. The predicted octanol–water partition coefficient (Wildman–Crippen LogP) is 9.73. The van der Waals surface area contributed by atoms with Gasteiger partial charge in [0.05, 0.1) is 17.9 Å². The summed E-state index contributed by atoms with van der Waals surface area (Å²) in [6.45, 7) is 0. The summed E-state index contributed by atoms with van der Waals surface area (Å²) in [4.78, 5) is 9.50. The molecule has 0 unspecified atom stereocenters. The molecule has 0 fully saturated rings. The zero-order valence-electron chi connectivity index (χ0n) is 26.9. The molecule has 8 aromatic rings. The van der Waals surface area contributed by atoms with Gasteiger partial charge in [0.15, 0.2) is 0 Å². The van der Waals surface area contributed by atoms with Crippen LogP contribution in [0.15, 0.2) is 152 Å². The zero-order valence-corrected chi connectivity index (χ0v) is 21.9. The first-order valence-corrected chi connectivity index (χ1v) is 13.4. The van der Waals surface area contributed by atoms with E-state index in [9.17, 15) is 0 Å². The van der Waals surface area contributed by atoms with Crippen LogP contribution in [0.1, 0.15) is 6.85 Å². The minimum atomic E-state index is -0.433. The van der Waals surface area contributed by atoms with Gasteiger partial charge >= 0.3 is 0 Å². The first kappa shape index (κ1) is 18.7. The van der Waals surface area contributed by atoms with Crippen molar-refractivity contribution in [3.63, 3.8) is 0 Å². The van der Waals surface area contributed by atoms with Crippen molar-refractivity contribution < 1.29 is 6.85 Å². The van der Waals surface area contributed by atoms with Crippen LogP contribution in [0.3, 0.4) is 0 Å². The molecule has 3 heteroatoms. The number of aromatic nitrogens is 3. The molecule has 6 aromatic carbocycles. The van der Waals surface area contributed by atoms with Crippen molar-refractivity contribution in [1.29, 1.82) is 0 Å². The van der Waals surface area contributed by atoms with Crippen LogP contribution in [0.25, 0.3) is 71.9 Å². The van der Waals surface area contributed by atoms with E-state index in [-0.39, 0.29) is 17.8 Å². The molecular formula is C38H25N3. The van der Waals surface area contributed by atoms with Crippen molar-refractivity contribution in [2.24, 2.45) is 0 Å². The normalized spacial score (nSPS) is 13.1. The molecule has 0 amide bonds. The summed E-state index contributed by atoms with van der Waals surface area (Å²) in [5.41, 5.74) is 6.39. The van der Waals surface area contributed by atoms with E-state index in [0.29, 0.717) is 16.9 Å². The molecular weight excluding hydrogens is 498 g/mol. The molecule has 0 atom stereocenters. The summed E-state index contributed by atoms with van der Waals surface area (Å²) < 4.78 is 44.6. The third kappa shape index (κ3) is 3.75. The average Bonchev–Trinajstić information content (AvgIpc) is 3.48. The quantitative estimate of drug-likeness (QED) is 0.213. The Hall–Kier alpha value is -5.54. The number of fused-ring (bicyclic) bond motifs is 3. The molecule has 8 rings (SSSR count). The summed E-state index contributed by atoms with van der Waals surface area (Å²) >= 11 is 0. The molecule has 2 heterocycles. The van der Waals surface area contributed by atoms with Gasteiger partial charge < -0.3 is 0 Å². The lowest BCUT2D eigenvalue weighted by atomic mass is 9.85. The number of para-hydroxylation sites is 3. The molecule has 41 heavy (non-hydrogen) atoms. The Morgan fingerprint density at radius 1 is 0.561 bits per heavy atom. The molecule has 0 aliphatic carbocycles. The van der Waals surface area contributed by atoms with Gasteiger partial charge in [0.2, 0.25) is 0 Å². The second-order valence-corrected chi connectivity index (χ2v) is 9.86. The third-order valence-electron chi connectivity index (χ3n) is 7.60. The highest BCUT2D eigenvalue weighted by molar-refractivity contribution is 6.22. The standard InChI is InChI=1S/C38H25N3/c1-2-14-27(15-3-1)41-35-23-11-10-22-34(35)40-38(41)37-32-20-8-6-18-30(32)36(31-19-7-9-21-33(31)37)29-17-5-4-16-28(29)26-13-12-24-39-25-26/h1-25H/i1D,2D,3D,14D,15D. The number of nitrogens with zero attached hydrogens (tertiary/aromatic N) is 3. The van der Waals surface area contributed by atoms with Gasteiger partial charge in [0.25, 0.3) is 0 Å². The van der Waals surface area contributed by atoms with Crippen molar-refractivity contribution in [2.75, 3.05) is 0 Å². The van der Waals surface area contributed by atoms with E-state index in [0.717, 1.165) is 49.4 Å². The van der Waals surface area contributed by atoms with Crippen LogP contribution in [0, 0.1) is 0 Å². The van der Waals surface area contributed by atoms with Crippen LogP contribution >= 0.6 is 0 Å². The highest BCUT2D eigenvalue weighted by Gasteiger charge is 2.22. The van der Waals surface area contributed by atoms with Crippen molar-refractivity contribution in [3.8, 4) is 39.3 Å². The molecule has 0 saturated heterocycles. The largest absolute Gasteiger partial charge is 0.292 e. The molecule has 0 radical (unpaired) electrons. The van der Waals surface area contributed by atoms with Gasteiger partial charge in [-0.1, -0.05) is 109 Å². The summed E-state index contributed by atoms with van der Waals surface area (Å²) in [7, 11) is 0. The number of rotatable bonds is 4. The zero-order chi connectivity index (χ0) is 31.5. The second kappa shape index (κ2) is 9.58. The fourth-order valence-electron chi connectivity index (χ4n) is 5.91. The Balaban J connectivity index is 1.54. The van der Waals surface area contributed by atoms with E-state index in [2.05, 4.69) is 47.4 Å². The Labute approximate surface area is 245 Å². The summed E-state index contributed by atoms with van der Waals surface area (Å²) in [6.07, 6.45) is 3.65. The number of hydrogen-bond donors (Lipinski definition) is 0.